The summed E-state index contributed by atoms with van der Waals surface area (Å²) in [6, 6.07) is -7.67. The maximum atomic E-state index is 12.8. The van der Waals surface area contributed by atoms with Crippen molar-refractivity contribution in [3.63, 3.8) is 0 Å². The highest BCUT2D eigenvalue weighted by atomic mass is 16.5. The molecule has 15 N–H and O–H groups in total. The first-order chi connectivity index (χ1) is 33.9. The molecule has 0 saturated carbocycles. The summed E-state index contributed by atoms with van der Waals surface area (Å²) in [5.74, 6) is -3.10. The molecule has 9 amide bonds. The van der Waals surface area contributed by atoms with Crippen molar-refractivity contribution in [2.45, 2.75) is 88.0 Å². The van der Waals surface area contributed by atoms with E-state index in [1.165, 1.54) is 20.9 Å². The van der Waals surface area contributed by atoms with Crippen LogP contribution in [0.4, 0.5) is 9.59 Å². The second kappa shape index (κ2) is 31.6. The Morgan fingerprint density at radius 2 is 1.11 bits per heavy atom. The van der Waals surface area contributed by atoms with Gasteiger partial charge in [0.25, 0.3) is 0 Å². The van der Waals surface area contributed by atoms with Gasteiger partial charge in [0.2, 0.25) is 41.3 Å². The minimum absolute atomic E-state index is 0.0157. The summed E-state index contributed by atoms with van der Waals surface area (Å²) in [6.45, 7) is 7.06. The van der Waals surface area contributed by atoms with Gasteiger partial charge >= 0.3 is 12.1 Å². The van der Waals surface area contributed by atoms with E-state index in [2.05, 4.69) is 74.7 Å². The van der Waals surface area contributed by atoms with Crippen molar-refractivity contribution in [1.82, 2.24) is 68.1 Å². The second-order valence-electron chi connectivity index (χ2n) is 15.6. The molecule has 4 bridgehead atoms. The topological polar surface area (TPSA) is 449 Å². The van der Waals surface area contributed by atoms with Gasteiger partial charge in [-0.2, -0.15) is 9.97 Å². The first kappa shape index (κ1) is 58.7. The monoisotopic (exact) mass is 1010 g/mol. The molecule has 2 aromatic heterocycles. The summed E-state index contributed by atoms with van der Waals surface area (Å²) in [5, 5.41) is 69.7. The summed E-state index contributed by atoms with van der Waals surface area (Å²) in [5.41, 5.74) is 5.62. The molecule has 31 heteroatoms. The molecule has 0 saturated heterocycles. The maximum absolute atomic E-state index is 12.8. The molecule has 2 unspecified atom stereocenters. The Morgan fingerprint density at radius 3 is 1.56 bits per heavy atom. The van der Waals surface area contributed by atoms with E-state index in [0.717, 1.165) is 0 Å². The average Bonchev–Trinajstić information content (AvgIpc) is 4.02. The minimum atomic E-state index is -1.32. The van der Waals surface area contributed by atoms with Gasteiger partial charge in [0, 0.05) is 39.0 Å². The Kier molecular flexibility index (Phi) is 26.1. The number of primary amides is 1. The minimum Gasteiger partial charge on any atom is -0.396 e. The predicted molar refractivity (Wildman–Crippen MR) is 239 cm³/mol. The molecule has 398 valence electrons. The molecule has 31 nitrogen and oxygen atoms in total. The van der Waals surface area contributed by atoms with Gasteiger partial charge < -0.3 is 102 Å². The van der Waals surface area contributed by atoms with Gasteiger partial charge in [-0.25, -0.2) is 9.59 Å². The Balaban J connectivity index is 0.000000375. The van der Waals surface area contributed by atoms with Crippen molar-refractivity contribution in [2.24, 2.45) is 5.73 Å². The van der Waals surface area contributed by atoms with Crippen molar-refractivity contribution < 1.29 is 82.0 Å². The van der Waals surface area contributed by atoms with Crippen LogP contribution < -0.4 is 53.6 Å². The summed E-state index contributed by atoms with van der Waals surface area (Å²) < 4.78 is 31.7. The zero-order chi connectivity index (χ0) is 52.3. The lowest BCUT2D eigenvalue weighted by molar-refractivity contribution is -0.128. The molecule has 2 aliphatic heterocycles. The highest BCUT2D eigenvalue weighted by molar-refractivity contribution is 5.88. The first-order valence-electron chi connectivity index (χ1n) is 22.4. The number of ether oxygens (including phenoxy) is 4. The number of nitrogens with one attached hydrogen (secondary N) is 9. The molecule has 0 aliphatic carbocycles. The summed E-state index contributed by atoms with van der Waals surface area (Å²) in [7, 11) is 1.44. The van der Waals surface area contributed by atoms with E-state index in [-0.39, 0.29) is 115 Å². The molecule has 4 rings (SSSR count). The van der Waals surface area contributed by atoms with Gasteiger partial charge in [-0.3, -0.25) is 24.0 Å². The number of hydrogen-bond acceptors (Lipinski definition) is 22. The van der Waals surface area contributed by atoms with Gasteiger partial charge in [-0.05, 0) is 26.7 Å². The normalized spacial score (nSPS) is 24.1. The van der Waals surface area contributed by atoms with Crippen molar-refractivity contribution in [1.29, 1.82) is 0 Å². The average molecular weight is 1020 g/mol. The fraction of sp³-hybridized carbons (Fsp3) is 0.675. The third-order valence-corrected chi connectivity index (χ3v) is 9.88. The Hall–Kier alpha value is -6.61. The largest absolute Gasteiger partial charge is 0.396 e. The molecule has 2 aromatic rings. The number of aliphatic hydroxyl groups is 4. The molecule has 8 atom stereocenters. The first-order valence-corrected chi connectivity index (χ1v) is 22.4. The van der Waals surface area contributed by atoms with E-state index >= 15 is 0 Å². The van der Waals surface area contributed by atoms with E-state index in [9.17, 15) is 54.0 Å². The maximum Gasteiger partial charge on any atom is 0.316 e. The van der Waals surface area contributed by atoms with Crippen LogP contribution in [-0.2, 0) is 42.9 Å². The predicted octanol–water partition coefficient (Wildman–Crippen LogP) is -5.28. The van der Waals surface area contributed by atoms with Crippen LogP contribution in [0.25, 0.3) is 0 Å². The quantitative estimate of drug-likeness (QED) is 0.106. The van der Waals surface area contributed by atoms with Crippen LogP contribution in [0.1, 0.15) is 87.1 Å². The SMILES string of the molecule is C=C1NCCOCCOCC(=O)N[C@@H](CCO)c2noc(n2)[C@H](CC(=O)NC)NC(=O)N[C@H]1C(C)O.CC(O)[C@@H]1NC(=O)N[C@@H](CC(N)=O)c2nc(no2)[C@H](CCO)NC(=O)COCCOCCNC1=O. The van der Waals surface area contributed by atoms with Gasteiger partial charge in [0.15, 0.2) is 11.6 Å². The van der Waals surface area contributed by atoms with Crippen molar-refractivity contribution >= 4 is 41.6 Å². The van der Waals surface area contributed by atoms with Gasteiger partial charge in [0.1, 0.15) is 31.3 Å². The number of carbonyl (C=O) groups is 7. The number of hydrogen-bond donors (Lipinski definition) is 14. The molecule has 0 aromatic carbocycles. The number of carbonyl (C=O) groups excluding carboxylic acids is 7. The third kappa shape index (κ3) is 21.5. The number of fused-ring (bicyclic) bond motifs is 4. The Labute approximate surface area is 406 Å². The van der Waals surface area contributed by atoms with Crippen LogP contribution in [0.15, 0.2) is 21.3 Å². The Bertz CT molecular complexity index is 2020. The smallest absolute Gasteiger partial charge is 0.316 e. The summed E-state index contributed by atoms with van der Waals surface area (Å²) in [6.07, 6.45) is -2.76. The number of nitrogens with zero attached hydrogens (tertiary/aromatic N) is 4. The van der Waals surface area contributed by atoms with Gasteiger partial charge in [0.05, 0.1) is 82.8 Å². The molecule has 71 heavy (non-hydrogen) atoms. The van der Waals surface area contributed by atoms with E-state index in [4.69, 9.17) is 33.7 Å². The number of urea groups is 2. The fourth-order valence-corrected chi connectivity index (χ4v) is 6.32. The molecule has 0 fully saturated rings. The molecule has 0 radical (unpaired) electrons. The van der Waals surface area contributed by atoms with Crippen LogP contribution in [-0.4, -0.2) is 193 Å². The van der Waals surface area contributed by atoms with Crippen molar-refractivity contribution in [3.05, 3.63) is 35.7 Å². The number of aromatic nitrogens is 4. The van der Waals surface area contributed by atoms with Crippen LogP contribution >= 0.6 is 0 Å². The number of nitrogens with two attached hydrogens (primary N) is 1. The van der Waals surface area contributed by atoms with Crippen LogP contribution in [0.3, 0.4) is 0 Å². The second-order valence-corrected chi connectivity index (χ2v) is 15.6. The van der Waals surface area contributed by atoms with Crippen LogP contribution in [0, 0.1) is 0 Å². The zero-order valence-corrected chi connectivity index (χ0v) is 39.6. The third-order valence-electron chi connectivity index (χ3n) is 9.88. The highest BCUT2D eigenvalue weighted by Gasteiger charge is 2.32. The number of amides is 9. The van der Waals surface area contributed by atoms with E-state index in [1.807, 2.05) is 0 Å². The van der Waals surface area contributed by atoms with Crippen molar-refractivity contribution in [2.75, 3.05) is 86.2 Å². The van der Waals surface area contributed by atoms with Crippen LogP contribution in [0.5, 0.6) is 0 Å². The molecule has 0 spiro atoms. The number of rotatable bonds is 10. The van der Waals surface area contributed by atoms with E-state index in [0.29, 0.717) is 12.2 Å². The fourth-order valence-electron chi connectivity index (χ4n) is 6.32. The lowest BCUT2D eigenvalue weighted by Gasteiger charge is -2.26. The van der Waals surface area contributed by atoms with Gasteiger partial charge in [-0.1, -0.05) is 16.9 Å². The standard InChI is InChI=1S/C21H35N7O8.C19H31N7O9/c1-12-18(13(2)30)26-21(33)25-15(10-16(31)22-3)20-27-19(28-36-20)14(4-6-29)24-17(32)11-35-9-8-34-7-5-23-12;1-10(28)15-17(31)21-3-5-33-6-7-34-9-14(30)22-11(2-4-27)16-25-18(35-26-16)12(8-13(20)29)23-19(32)24-15/h13-15,18,23,29-30H,1,4-11H2,2-3H3,(H,22,31)(H,24,32)(H2,25,26,33);10-12,15,27-28H,2-9H2,1H3,(H2,20,29)(H,21,31)(H,22,30)(H2,23,24,32)/t13?,14-,15-,18+;10?,11-,12-,15-/m00/s1. The Morgan fingerprint density at radius 1 is 0.662 bits per heavy atom. The van der Waals surface area contributed by atoms with Crippen molar-refractivity contribution in [3.8, 4) is 0 Å². The van der Waals surface area contributed by atoms with Gasteiger partial charge in [-0.15, -0.1) is 0 Å². The number of aliphatic hydroxyl groups excluding tert-OH is 4. The summed E-state index contributed by atoms with van der Waals surface area (Å²) >= 11 is 0. The molecule has 4 heterocycles. The van der Waals surface area contributed by atoms with E-state index in [1.54, 1.807) is 0 Å². The molecular weight excluding hydrogens is 949 g/mol. The van der Waals surface area contributed by atoms with Crippen LogP contribution in [0.2, 0.25) is 0 Å². The zero-order valence-electron chi connectivity index (χ0n) is 39.6. The summed E-state index contributed by atoms with van der Waals surface area (Å²) in [4.78, 5) is 94.2. The lowest BCUT2D eigenvalue weighted by atomic mass is 10.1. The highest BCUT2D eigenvalue weighted by Crippen LogP contribution is 2.21. The molecular formula is C40H66N14O17. The lowest BCUT2D eigenvalue weighted by Crippen LogP contribution is -2.55. The van der Waals surface area contributed by atoms with E-state index < -0.39 is 96.5 Å². The molecule has 2 aliphatic rings.